The average molecular weight is 364 g/mol. The lowest BCUT2D eigenvalue weighted by Crippen LogP contribution is -2.47. The van der Waals surface area contributed by atoms with E-state index in [9.17, 15) is 9.59 Å². The van der Waals surface area contributed by atoms with Gasteiger partial charge < -0.3 is 15.5 Å². The van der Waals surface area contributed by atoms with Gasteiger partial charge in [-0.25, -0.2) is 0 Å². The van der Waals surface area contributed by atoms with E-state index in [1.54, 1.807) is 0 Å². The summed E-state index contributed by atoms with van der Waals surface area (Å²) in [7, 11) is 0. The lowest BCUT2D eigenvalue weighted by molar-refractivity contribution is -0.134. The van der Waals surface area contributed by atoms with Crippen LogP contribution in [-0.2, 0) is 9.59 Å². The monoisotopic (exact) mass is 363 g/mol. The Morgan fingerprint density at radius 3 is 2.62 bits per heavy atom. The Morgan fingerprint density at radius 1 is 1.08 bits per heavy atom. The van der Waals surface area contributed by atoms with E-state index in [0.717, 1.165) is 51.2 Å². The molecule has 3 rings (SSSR count). The maximum Gasteiger partial charge on any atom is 0.237 e. The lowest BCUT2D eigenvalue weighted by atomic mass is 9.79. The van der Waals surface area contributed by atoms with Gasteiger partial charge in [-0.2, -0.15) is 0 Å². The Morgan fingerprint density at radius 2 is 1.88 bits per heavy atom. The molecule has 2 saturated heterocycles. The molecule has 2 amide bonds. The van der Waals surface area contributed by atoms with Crippen LogP contribution in [0.5, 0.6) is 0 Å². The molecular weight excluding hydrogens is 326 g/mol. The molecular formula is C21H37N3O2. The summed E-state index contributed by atoms with van der Waals surface area (Å²) in [5.74, 6) is 2.12. The second-order valence-electron chi connectivity index (χ2n) is 8.82. The van der Waals surface area contributed by atoms with Crippen LogP contribution < -0.4 is 10.6 Å². The topological polar surface area (TPSA) is 61.4 Å². The van der Waals surface area contributed by atoms with Crippen LogP contribution in [0.2, 0.25) is 0 Å². The van der Waals surface area contributed by atoms with Gasteiger partial charge in [0, 0.05) is 26.1 Å². The number of carbonyl (C=O) groups is 2. The van der Waals surface area contributed by atoms with Crippen molar-refractivity contribution in [1.29, 1.82) is 0 Å². The van der Waals surface area contributed by atoms with Crippen LogP contribution >= 0.6 is 0 Å². The molecule has 5 heteroatoms. The predicted octanol–water partition coefficient (Wildman–Crippen LogP) is 2.70. The van der Waals surface area contributed by atoms with Gasteiger partial charge in [0.05, 0.1) is 6.04 Å². The molecule has 2 aliphatic heterocycles. The number of rotatable bonds is 6. The molecule has 2 heterocycles. The van der Waals surface area contributed by atoms with E-state index in [-0.39, 0.29) is 11.9 Å². The van der Waals surface area contributed by atoms with Crippen LogP contribution in [0.1, 0.15) is 71.1 Å². The summed E-state index contributed by atoms with van der Waals surface area (Å²) in [5, 5.41) is 6.35. The number of nitrogens with zero attached hydrogens (tertiary/aromatic N) is 1. The molecule has 3 unspecified atom stereocenters. The zero-order valence-electron chi connectivity index (χ0n) is 16.5. The van der Waals surface area contributed by atoms with Crippen LogP contribution in [0.25, 0.3) is 0 Å². The molecule has 3 aliphatic rings. The molecule has 148 valence electrons. The number of likely N-dealkylation sites (tertiary alicyclic amines) is 1. The Bertz CT molecular complexity index is 470. The van der Waals surface area contributed by atoms with Crippen molar-refractivity contribution in [3.8, 4) is 0 Å². The van der Waals surface area contributed by atoms with E-state index in [1.165, 1.54) is 32.1 Å². The fraction of sp³-hybridized carbons (Fsp3) is 0.905. The Kier molecular flexibility index (Phi) is 7.35. The molecule has 0 aromatic rings. The minimum Gasteiger partial charge on any atom is -0.354 e. The largest absolute Gasteiger partial charge is 0.354 e. The van der Waals surface area contributed by atoms with E-state index in [2.05, 4.69) is 22.5 Å². The first-order valence-electron chi connectivity index (χ1n) is 10.9. The number of amides is 2. The van der Waals surface area contributed by atoms with Gasteiger partial charge in [-0.05, 0) is 50.0 Å². The first-order valence-corrected chi connectivity index (χ1v) is 10.9. The zero-order valence-corrected chi connectivity index (χ0v) is 16.5. The van der Waals surface area contributed by atoms with Gasteiger partial charge in [0.2, 0.25) is 11.8 Å². The highest BCUT2D eigenvalue weighted by Gasteiger charge is 2.28. The van der Waals surface area contributed by atoms with Crippen LogP contribution in [0.3, 0.4) is 0 Å². The van der Waals surface area contributed by atoms with Gasteiger partial charge in [-0.1, -0.05) is 39.0 Å². The normalized spacial score (nSPS) is 28.7. The second kappa shape index (κ2) is 9.72. The van der Waals surface area contributed by atoms with E-state index in [0.29, 0.717) is 30.7 Å². The van der Waals surface area contributed by atoms with Gasteiger partial charge in [0.15, 0.2) is 0 Å². The summed E-state index contributed by atoms with van der Waals surface area (Å²) < 4.78 is 0. The van der Waals surface area contributed by atoms with Crippen LogP contribution in [0.4, 0.5) is 0 Å². The molecule has 26 heavy (non-hydrogen) atoms. The third kappa shape index (κ3) is 5.45. The fourth-order valence-corrected chi connectivity index (χ4v) is 5.01. The van der Waals surface area contributed by atoms with Crippen molar-refractivity contribution >= 4 is 11.8 Å². The van der Waals surface area contributed by atoms with Crippen molar-refractivity contribution < 1.29 is 9.59 Å². The zero-order chi connectivity index (χ0) is 18.4. The number of hydrogen-bond acceptors (Lipinski definition) is 3. The molecule has 1 aliphatic carbocycles. The van der Waals surface area contributed by atoms with Crippen LogP contribution in [0.15, 0.2) is 0 Å². The number of nitrogens with one attached hydrogen (secondary N) is 2. The highest BCUT2D eigenvalue weighted by Crippen LogP contribution is 2.32. The highest BCUT2D eigenvalue weighted by atomic mass is 16.2. The summed E-state index contributed by atoms with van der Waals surface area (Å²) >= 11 is 0. The minimum absolute atomic E-state index is 0.00679. The molecule has 2 N–H and O–H groups in total. The first-order chi connectivity index (χ1) is 12.6. The van der Waals surface area contributed by atoms with Crippen molar-refractivity contribution in [2.75, 3.05) is 26.2 Å². The maximum absolute atomic E-state index is 12.8. The Hall–Kier alpha value is -1.10. The first kappa shape index (κ1) is 19.7. The van der Waals surface area contributed by atoms with Gasteiger partial charge in [0.25, 0.3) is 0 Å². The van der Waals surface area contributed by atoms with Crippen molar-refractivity contribution in [3.05, 3.63) is 0 Å². The Labute approximate surface area is 158 Å². The highest BCUT2D eigenvalue weighted by molar-refractivity contribution is 5.82. The van der Waals surface area contributed by atoms with Gasteiger partial charge in [-0.15, -0.1) is 0 Å². The van der Waals surface area contributed by atoms with E-state index >= 15 is 0 Å². The fourth-order valence-electron chi connectivity index (χ4n) is 5.01. The maximum atomic E-state index is 12.8. The van der Waals surface area contributed by atoms with Gasteiger partial charge >= 0.3 is 0 Å². The number of hydrogen-bond donors (Lipinski definition) is 2. The molecule has 0 radical (unpaired) electrons. The van der Waals surface area contributed by atoms with Crippen LogP contribution in [-0.4, -0.2) is 48.9 Å². The van der Waals surface area contributed by atoms with E-state index in [4.69, 9.17) is 0 Å². The summed E-state index contributed by atoms with van der Waals surface area (Å²) in [6, 6.07) is -0.00679. The van der Waals surface area contributed by atoms with Crippen molar-refractivity contribution in [1.82, 2.24) is 15.5 Å². The number of piperidine rings is 1. The van der Waals surface area contributed by atoms with Crippen LogP contribution in [0, 0.1) is 17.8 Å². The molecule has 3 atom stereocenters. The van der Waals surface area contributed by atoms with Gasteiger partial charge in [0.1, 0.15) is 0 Å². The molecule has 0 spiro atoms. The van der Waals surface area contributed by atoms with E-state index in [1.807, 2.05) is 0 Å². The average Bonchev–Trinajstić information content (AvgIpc) is 3.22. The smallest absolute Gasteiger partial charge is 0.237 e. The molecule has 1 saturated carbocycles. The predicted molar refractivity (Wildman–Crippen MR) is 104 cm³/mol. The Balaban J connectivity index is 1.40. The molecule has 0 aromatic heterocycles. The lowest BCUT2D eigenvalue weighted by Gasteiger charge is -2.35. The number of carbonyl (C=O) groups excluding carboxylic acids is 2. The van der Waals surface area contributed by atoms with Gasteiger partial charge in [-0.3, -0.25) is 9.59 Å². The van der Waals surface area contributed by atoms with Crippen molar-refractivity contribution in [2.45, 2.75) is 77.2 Å². The minimum atomic E-state index is -0.00679. The third-order valence-corrected chi connectivity index (χ3v) is 6.76. The quantitative estimate of drug-likeness (QED) is 0.763. The van der Waals surface area contributed by atoms with Crippen molar-refractivity contribution in [2.24, 2.45) is 17.8 Å². The molecule has 0 bridgehead atoms. The summed E-state index contributed by atoms with van der Waals surface area (Å²) in [6.45, 7) is 5.63. The van der Waals surface area contributed by atoms with Crippen molar-refractivity contribution in [3.63, 3.8) is 0 Å². The molecule has 5 nitrogen and oxygen atoms in total. The SMILES string of the molecule is CC(CC(=O)N1CCCC(CNC(=O)C2CCCN2)C1)C1CCCCC1. The summed E-state index contributed by atoms with van der Waals surface area (Å²) in [4.78, 5) is 27.0. The second-order valence-corrected chi connectivity index (χ2v) is 8.82. The molecule has 0 aromatic carbocycles. The summed E-state index contributed by atoms with van der Waals surface area (Å²) in [6.07, 6.45) is 11.6. The standard InChI is InChI=1S/C21H37N3O2/c1-16(18-8-3-2-4-9-18)13-20(25)24-12-6-7-17(15-24)14-23-21(26)19-10-5-11-22-19/h16-19,22H,2-15H2,1H3,(H,23,26). The molecule has 3 fully saturated rings. The third-order valence-electron chi connectivity index (χ3n) is 6.76. The van der Waals surface area contributed by atoms with E-state index < -0.39 is 0 Å². The summed E-state index contributed by atoms with van der Waals surface area (Å²) in [5.41, 5.74) is 0.